The summed E-state index contributed by atoms with van der Waals surface area (Å²) in [7, 11) is 0. The van der Waals surface area contributed by atoms with Gasteiger partial charge in [-0.25, -0.2) is 4.79 Å². The lowest BCUT2D eigenvalue weighted by Crippen LogP contribution is -2.05. The first-order valence-electron chi connectivity index (χ1n) is 7.25. The third kappa shape index (κ3) is 6.75. The molecule has 1 aromatic carbocycles. The molecule has 0 unspecified atom stereocenters. The first kappa shape index (κ1) is 19.5. The molecule has 0 amide bonds. The molecule has 0 aromatic heterocycles. The number of benzene rings is 1. The summed E-state index contributed by atoms with van der Waals surface area (Å²) in [5, 5.41) is 9.24. The number of carbonyl (C=O) groups is 1. The fourth-order valence-electron chi connectivity index (χ4n) is 2.12. The molecule has 1 aromatic rings. The van der Waals surface area contributed by atoms with E-state index in [0.29, 0.717) is 17.4 Å². The molecule has 0 atom stereocenters. The Labute approximate surface area is 139 Å². The molecule has 108 valence electrons. The van der Waals surface area contributed by atoms with Gasteiger partial charge in [0, 0.05) is 23.1 Å². The summed E-state index contributed by atoms with van der Waals surface area (Å²) in [6.07, 6.45) is 4.07. The maximum atomic E-state index is 11.2. The van der Waals surface area contributed by atoms with Gasteiger partial charge in [-0.05, 0) is 54.7 Å². The van der Waals surface area contributed by atoms with Crippen molar-refractivity contribution in [2.45, 2.75) is 53.4 Å². The summed E-state index contributed by atoms with van der Waals surface area (Å²) < 4.78 is 0. The van der Waals surface area contributed by atoms with E-state index in [0.717, 1.165) is 31.2 Å². The summed E-state index contributed by atoms with van der Waals surface area (Å²) in [5.41, 5.74) is 2.72. The molecule has 0 aliphatic heterocycles. The second-order valence-electron chi connectivity index (χ2n) is 6.16. The topological polar surface area (TPSA) is 37.3 Å². The number of rotatable bonds is 7. The van der Waals surface area contributed by atoms with Crippen molar-refractivity contribution in [2.75, 3.05) is 0 Å². The van der Waals surface area contributed by atoms with E-state index in [1.54, 1.807) is 6.07 Å². The van der Waals surface area contributed by atoms with Crippen molar-refractivity contribution < 1.29 is 9.90 Å². The van der Waals surface area contributed by atoms with Gasteiger partial charge in [0.2, 0.25) is 0 Å². The average Bonchev–Trinajstić information content (AvgIpc) is 2.33. The van der Waals surface area contributed by atoms with Crippen LogP contribution in [-0.2, 0) is 12.8 Å². The summed E-state index contributed by atoms with van der Waals surface area (Å²) in [5.74, 6) is 0.466. The minimum Gasteiger partial charge on any atom is -0.478 e. The Morgan fingerprint density at radius 2 is 1.60 bits per heavy atom. The van der Waals surface area contributed by atoms with Crippen LogP contribution in [0.15, 0.2) is 18.2 Å². The van der Waals surface area contributed by atoms with Crippen molar-refractivity contribution in [3.8, 4) is 0 Å². The van der Waals surface area contributed by atoms with Crippen molar-refractivity contribution in [1.82, 2.24) is 0 Å². The Bertz CT molecular complexity index is 425. The maximum absolute atomic E-state index is 11.2. The predicted molar refractivity (Wildman–Crippen MR) is 85.5 cm³/mol. The smallest absolute Gasteiger partial charge is 0.335 e. The van der Waals surface area contributed by atoms with Gasteiger partial charge in [0.1, 0.15) is 0 Å². The zero-order valence-electron chi connectivity index (χ0n) is 13.3. The van der Waals surface area contributed by atoms with Gasteiger partial charge in [-0.3, -0.25) is 0 Å². The summed E-state index contributed by atoms with van der Waals surface area (Å²) in [6, 6.07) is 5.83. The third-order valence-corrected chi connectivity index (χ3v) is 3.40. The minimum atomic E-state index is -0.811. The highest BCUT2D eigenvalue weighted by Crippen LogP contribution is 2.18. The van der Waals surface area contributed by atoms with E-state index in [9.17, 15) is 9.90 Å². The van der Waals surface area contributed by atoms with Crippen molar-refractivity contribution in [1.29, 1.82) is 0 Å². The van der Waals surface area contributed by atoms with Gasteiger partial charge in [-0.15, -0.1) is 0 Å². The molecule has 1 N–H and O–H groups in total. The SMILES string of the molecule is CC(C)CCc1ccc(C(=O)O)c(CCC(C)C)c1.[Mg]. The van der Waals surface area contributed by atoms with Crippen LogP contribution in [0.5, 0.6) is 0 Å². The standard InChI is InChI=1S/C17H26O2.Mg/c1-12(2)5-7-14-8-10-16(17(18)19)15(11-14)9-6-13(3)4;/h8,10-13H,5-7,9H2,1-4H3,(H,18,19);. The van der Waals surface area contributed by atoms with Crippen LogP contribution >= 0.6 is 0 Å². The second-order valence-corrected chi connectivity index (χ2v) is 6.16. The number of hydrogen-bond acceptors (Lipinski definition) is 1. The van der Waals surface area contributed by atoms with Gasteiger partial charge in [-0.1, -0.05) is 39.8 Å². The van der Waals surface area contributed by atoms with Gasteiger partial charge in [-0.2, -0.15) is 0 Å². The molecule has 1 rings (SSSR count). The second kappa shape index (κ2) is 9.40. The molecule has 0 bridgehead atoms. The Morgan fingerprint density at radius 1 is 1.05 bits per heavy atom. The Balaban J connectivity index is 0.00000361. The number of aromatic carboxylic acids is 1. The van der Waals surface area contributed by atoms with E-state index in [4.69, 9.17) is 0 Å². The Kier molecular flexibility index (Phi) is 9.15. The molecule has 0 heterocycles. The van der Waals surface area contributed by atoms with Gasteiger partial charge >= 0.3 is 5.97 Å². The quantitative estimate of drug-likeness (QED) is 0.764. The van der Waals surface area contributed by atoms with Gasteiger partial charge < -0.3 is 5.11 Å². The zero-order chi connectivity index (χ0) is 14.4. The fraction of sp³-hybridized carbons (Fsp3) is 0.588. The van der Waals surface area contributed by atoms with Crippen molar-refractivity contribution in [3.05, 3.63) is 34.9 Å². The lowest BCUT2D eigenvalue weighted by Gasteiger charge is -2.11. The molecule has 3 heteroatoms. The maximum Gasteiger partial charge on any atom is 0.335 e. The number of carboxylic acids is 1. The third-order valence-electron chi connectivity index (χ3n) is 3.40. The first-order chi connectivity index (χ1) is 8.90. The van der Waals surface area contributed by atoms with E-state index < -0.39 is 5.97 Å². The summed E-state index contributed by atoms with van der Waals surface area (Å²) in [4.78, 5) is 11.2. The van der Waals surface area contributed by atoms with Crippen LogP contribution in [0, 0.1) is 11.8 Å². The van der Waals surface area contributed by atoms with Crippen molar-refractivity contribution in [3.63, 3.8) is 0 Å². The monoisotopic (exact) mass is 286 g/mol. The van der Waals surface area contributed by atoms with Crippen LogP contribution in [0.25, 0.3) is 0 Å². The molecule has 0 aliphatic carbocycles. The Morgan fingerprint density at radius 3 is 2.10 bits per heavy atom. The number of hydrogen-bond donors (Lipinski definition) is 1. The van der Waals surface area contributed by atoms with E-state index >= 15 is 0 Å². The highest BCUT2D eigenvalue weighted by Gasteiger charge is 2.11. The van der Waals surface area contributed by atoms with Crippen molar-refractivity contribution in [2.24, 2.45) is 11.8 Å². The lowest BCUT2D eigenvalue weighted by molar-refractivity contribution is 0.0695. The molecule has 0 fully saturated rings. The summed E-state index contributed by atoms with van der Waals surface area (Å²) in [6.45, 7) is 8.77. The van der Waals surface area contributed by atoms with Crippen LogP contribution in [0.3, 0.4) is 0 Å². The van der Waals surface area contributed by atoms with Gasteiger partial charge in [0.15, 0.2) is 0 Å². The van der Waals surface area contributed by atoms with Gasteiger partial charge in [0.25, 0.3) is 0 Å². The molecule has 2 nitrogen and oxygen atoms in total. The zero-order valence-corrected chi connectivity index (χ0v) is 14.7. The van der Waals surface area contributed by atoms with Crippen LogP contribution in [0.1, 0.15) is 62.0 Å². The number of aryl methyl sites for hydroxylation is 2. The first-order valence-corrected chi connectivity index (χ1v) is 7.25. The molecule has 0 saturated heterocycles. The van der Waals surface area contributed by atoms with Gasteiger partial charge in [0.05, 0.1) is 5.56 Å². The molecule has 0 aliphatic rings. The van der Waals surface area contributed by atoms with Crippen LogP contribution in [0.4, 0.5) is 0 Å². The molecule has 20 heavy (non-hydrogen) atoms. The highest BCUT2D eigenvalue weighted by atomic mass is 24.3. The largest absolute Gasteiger partial charge is 0.478 e. The Hall–Kier alpha value is -0.544. The predicted octanol–water partition coefficient (Wildman–Crippen LogP) is 4.18. The normalized spacial score (nSPS) is 10.7. The van der Waals surface area contributed by atoms with E-state index in [1.807, 2.05) is 6.07 Å². The highest BCUT2D eigenvalue weighted by molar-refractivity contribution is 5.89. The molecular weight excluding hydrogens is 260 g/mol. The van der Waals surface area contributed by atoms with E-state index in [1.165, 1.54) is 5.56 Å². The van der Waals surface area contributed by atoms with Crippen LogP contribution in [0.2, 0.25) is 0 Å². The van der Waals surface area contributed by atoms with E-state index in [2.05, 4.69) is 33.8 Å². The molecule has 0 saturated carbocycles. The fourth-order valence-corrected chi connectivity index (χ4v) is 2.12. The molecule has 2 radical (unpaired) electrons. The summed E-state index contributed by atoms with van der Waals surface area (Å²) >= 11 is 0. The average molecular weight is 287 g/mol. The molecular formula is C17H26MgO2. The minimum absolute atomic E-state index is 0. The lowest BCUT2D eigenvalue weighted by atomic mass is 9.94. The van der Waals surface area contributed by atoms with Crippen LogP contribution < -0.4 is 0 Å². The van der Waals surface area contributed by atoms with Crippen LogP contribution in [-0.4, -0.2) is 34.1 Å². The number of carboxylic acid groups (broad SMARTS) is 1. The van der Waals surface area contributed by atoms with Crippen molar-refractivity contribution >= 4 is 29.0 Å². The van der Waals surface area contributed by atoms with E-state index in [-0.39, 0.29) is 23.1 Å². The molecule has 0 spiro atoms.